The van der Waals surface area contributed by atoms with Gasteiger partial charge in [0, 0.05) is 6.04 Å². The maximum atomic E-state index is 10.4. The maximum Gasteiger partial charge on any atom is 0.214 e. The average Bonchev–Trinajstić information content (AvgIpc) is 2.28. The van der Waals surface area contributed by atoms with Gasteiger partial charge < -0.3 is 19.7 Å². The molecule has 1 rings (SSSR count). The Kier molecular flexibility index (Phi) is 7.44. The minimum absolute atomic E-state index is 0.0814. The number of hydrogen-bond acceptors (Lipinski definition) is 6. The van der Waals surface area contributed by atoms with Crippen molar-refractivity contribution in [3.63, 3.8) is 0 Å². The summed E-state index contributed by atoms with van der Waals surface area (Å²) < 4.78 is 11.4. The van der Waals surface area contributed by atoms with Gasteiger partial charge in [0.1, 0.15) is 6.23 Å². The van der Waals surface area contributed by atoms with Gasteiger partial charge in [0.2, 0.25) is 6.41 Å². The van der Waals surface area contributed by atoms with Crippen molar-refractivity contribution in [3.8, 4) is 0 Å². The Balaban J connectivity index is 2.64. The largest absolute Gasteiger partial charge is 0.391 e. The van der Waals surface area contributed by atoms with Crippen LogP contribution in [0.4, 0.5) is 0 Å². The van der Waals surface area contributed by atoms with Crippen LogP contribution in [0.2, 0.25) is 0 Å². The van der Waals surface area contributed by atoms with Crippen LogP contribution < -0.4 is 10.6 Å². The first-order chi connectivity index (χ1) is 10.4. The smallest absolute Gasteiger partial charge is 0.214 e. The molecule has 0 saturated heterocycles. The van der Waals surface area contributed by atoms with E-state index in [0.29, 0.717) is 0 Å². The predicted molar refractivity (Wildman–Crippen MR) is 90.9 cm³/mol. The first-order valence-electron chi connectivity index (χ1n) is 8.61. The Hall–Kier alpha value is -0.240. The maximum absolute atomic E-state index is 10.4. The molecule has 0 aromatic rings. The van der Waals surface area contributed by atoms with E-state index in [4.69, 9.17) is 9.47 Å². The van der Waals surface area contributed by atoms with Crippen molar-refractivity contribution >= 4 is 0 Å². The van der Waals surface area contributed by atoms with Crippen LogP contribution in [0.3, 0.4) is 0 Å². The van der Waals surface area contributed by atoms with E-state index < -0.39 is 18.1 Å². The third-order valence-electron chi connectivity index (χ3n) is 3.64. The van der Waals surface area contributed by atoms with Crippen molar-refractivity contribution in [2.45, 2.75) is 110 Å². The van der Waals surface area contributed by atoms with Gasteiger partial charge in [-0.3, -0.25) is 10.6 Å². The molecule has 0 aliphatic heterocycles. The van der Waals surface area contributed by atoms with Gasteiger partial charge in [-0.2, -0.15) is 0 Å². The molecule has 3 unspecified atom stereocenters. The molecule has 4 N–H and O–H groups in total. The van der Waals surface area contributed by atoms with Gasteiger partial charge in [0.25, 0.3) is 0 Å². The number of aliphatic hydroxyl groups excluding tert-OH is 2. The van der Waals surface area contributed by atoms with E-state index in [1.54, 1.807) is 0 Å². The van der Waals surface area contributed by atoms with Crippen LogP contribution in [-0.2, 0) is 9.47 Å². The lowest BCUT2D eigenvalue weighted by Gasteiger charge is -2.40. The summed E-state index contributed by atoms with van der Waals surface area (Å²) in [4.78, 5) is 0. The van der Waals surface area contributed by atoms with E-state index in [2.05, 4.69) is 10.6 Å². The molecule has 0 heterocycles. The monoisotopic (exact) mass is 332 g/mol. The zero-order valence-corrected chi connectivity index (χ0v) is 15.7. The zero-order chi connectivity index (χ0) is 17.8. The summed E-state index contributed by atoms with van der Waals surface area (Å²) >= 11 is 0. The fourth-order valence-electron chi connectivity index (χ4n) is 2.98. The normalized spacial score (nSPS) is 29.3. The Bertz CT molecular complexity index is 351. The van der Waals surface area contributed by atoms with Crippen LogP contribution in [0, 0.1) is 0 Å². The van der Waals surface area contributed by atoms with Crippen LogP contribution in [0.5, 0.6) is 0 Å². The molecule has 0 aromatic heterocycles. The molecule has 5 atom stereocenters. The third-order valence-corrected chi connectivity index (χ3v) is 3.64. The molecular formula is C17H36N2O4. The van der Waals surface area contributed by atoms with E-state index in [0.717, 1.165) is 19.3 Å². The molecule has 0 radical (unpaired) electrons. The Labute approximate surface area is 140 Å². The summed E-state index contributed by atoms with van der Waals surface area (Å²) in [6, 6.07) is -0.276. The Morgan fingerprint density at radius 2 is 1.52 bits per heavy atom. The van der Waals surface area contributed by atoms with Crippen LogP contribution >= 0.6 is 0 Å². The summed E-state index contributed by atoms with van der Waals surface area (Å²) in [5, 5.41) is 26.9. The van der Waals surface area contributed by atoms with Gasteiger partial charge in [0.15, 0.2) is 0 Å². The topological polar surface area (TPSA) is 83.0 Å². The lowest BCUT2D eigenvalue weighted by Crippen LogP contribution is -2.61. The first kappa shape index (κ1) is 20.8. The molecule has 6 nitrogen and oxygen atoms in total. The van der Waals surface area contributed by atoms with Crippen molar-refractivity contribution in [1.29, 1.82) is 0 Å². The first-order valence-corrected chi connectivity index (χ1v) is 8.61. The predicted octanol–water partition coefficient (Wildman–Crippen LogP) is 1.70. The highest BCUT2D eigenvalue weighted by molar-refractivity contribution is 4.92. The van der Waals surface area contributed by atoms with Gasteiger partial charge in [0.05, 0.1) is 23.3 Å². The lowest BCUT2D eigenvalue weighted by molar-refractivity contribution is -0.190. The molecule has 1 aliphatic rings. The Morgan fingerprint density at radius 3 is 2.04 bits per heavy atom. The van der Waals surface area contributed by atoms with Crippen LogP contribution in [0.25, 0.3) is 0 Å². The number of hydrogen-bond donors (Lipinski definition) is 4. The van der Waals surface area contributed by atoms with Crippen molar-refractivity contribution in [1.82, 2.24) is 10.6 Å². The minimum Gasteiger partial charge on any atom is -0.391 e. The molecule has 1 aliphatic carbocycles. The van der Waals surface area contributed by atoms with Crippen LogP contribution in [0.1, 0.15) is 67.7 Å². The van der Waals surface area contributed by atoms with E-state index in [1.165, 1.54) is 0 Å². The van der Waals surface area contributed by atoms with E-state index in [1.807, 2.05) is 48.5 Å². The average molecular weight is 332 g/mol. The van der Waals surface area contributed by atoms with Gasteiger partial charge in [-0.05, 0) is 67.7 Å². The van der Waals surface area contributed by atoms with Gasteiger partial charge in [-0.1, -0.05) is 0 Å². The molecule has 23 heavy (non-hydrogen) atoms. The SMILES string of the molecule is CC(N[C@H]1C(O)CCC[C@H]1NC(O)OC(C)(C)C)OC(C)(C)C. The summed E-state index contributed by atoms with van der Waals surface area (Å²) in [5.74, 6) is 0. The molecule has 0 spiro atoms. The highest BCUT2D eigenvalue weighted by Crippen LogP contribution is 2.22. The molecule has 0 bridgehead atoms. The third kappa shape index (κ3) is 8.42. The fourth-order valence-corrected chi connectivity index (χ4v) is 2.98. The van der Waals surface area contributed by atoms with Gasteiger partial charge in [-0.15, -0.1) is 0 Å². The molecule has 1 fully saturated rings. The fraction of sp³-hybridized carbons (Fsp3) is 1.00. The Morgan fingerprint density at radius 1 is 0.957 bits per heavy atom. The van der Waals surface area contributed by atoms with E-state index in [9.17, 15) is 10.2 Å². The summed E-state index contributed by atoms with van der Waals surface area (Å²) in [6.45, 7) is 13.6. The minimum atomic E-state index is -1.06. The molecule has 6 heteroatoms. The van der Waals surface area contributed by atoms with Crippen molar-refractivity contribution < 1.29 is 19.7 Å². The highest BCUT2D eigenvalue weighted by Gasteiger charge is 2.35. The number of nitrogens with one attached hydrogen (secondary N) is 2. The summed E-state index contributed by atoms with van der Waals surface area (Å²) in [6.07, 6.45) is 0.782. The quantitative estimate of drug-likeness (QED) is 0.554. The molecule has 1 saturated carbocycles. The van der Waals surface area contributed by atoms with Crippen molar-refractivity contribution in [2.24, 2.45) is 0 Å². The van der Waals surface area contributed by atoms with E-state index >= 15 is 0 Å². The van der Waals surface area contributed by atoms with Crippen LogP contribution in [-0.4, -0.2) is 52.2 Å². The molecule has 0 aromatic carbocycles. The summed E-state index contributed by atoms with van der Waals surface area (Å²) in [5.41, 5.74) is -0.699. The van der Waals surface area contributed by atoms with Gasteiger partial charge in [-0.25, -0.2) is 0 Å². The van der Waals surface area contributed by atoms with E-state index in [-0.39, 0.29) is 23.9 Å². The number of ether oxygens (including phenoxy) is 2. The molecule has 0 amide bonds. The molecular weight excluding hydrogens is 296 g/mol. The highest BCUT2D eigenvalue weighted by atomic mass is 16.6. The summed E-state index contributed by atoms with van der Waals surface area (Å²) in [7, 11) is 0. The second-order valence-electron chi connectivity index (χ2n) is 8.42. The lowest BCUT2D eigenvalue weighted by atomic mass is 9.87. The second kappa shape index (κ2) is 8.23. The van der Waals surface area contributed by atoms with Crippen LogP contribution in [0.15, 0.2) is 0 Å². The van der Waals surface area contributed by atoms with Crippen molar-refractivity contribution in [3.05, 3.63) is 0 Å². The van der Waals surface area contributed by atoms with Crippen molar-refractivity contribution in [2.75, 3.05) is 0 Å². The molecule has 138 valence electrons. The standard InChI is InChI=1S/C17H36N2O4/c1-11(22-16(2,3)4)18-14-12(9-8-10-13(14)20)19-15(21)23-17(5,6)7/h11-15,18-21H,8-10H2,1-7H3/t11?,12-,13?,14-,15?/m1/s1. The number of aliphatic hydroxyl groups is 2. The zero-order valence-electron chi connectivity index (χ0n) is 15.7. The second-order valence-corrected chi connectivity index (χ2v) is 8.42. The van der Waals surface area contributed by atoms with Gasteiger partial charge >= 0.3 is 0 Å². The number of rotatable bonds is 6.